The quantitative estimate of drug-likeness (QED) is 0.517. The molecule has 27 heavy (non-hydrogen) atoms. The third-order valence-electron chi connectivity index (χ3n) is 3.95. The Morgan fingerprint density at radius 2 is 1.96 bits per heavy atom. The van der Waals surface area contributed by atoms with Crippen LogP contribution in [-0.2, 0) is 16.6 Å². The van der Waals surface area contributed by atoms with E-state index in [1.807, 2.05) is 18.2 Å². The normalized spacial score (nSPS) is 11.9. The molecule has 0 aliphatic heterocycles. The molecule has 0 amide bonds. The molecular formula is C17H15N5O4S. The summed E-state index contributed by atoms with van der Waals surface area (Å²) < 4.78 is 33.9. The Kier molecular flexibility index (Phi) is 4.34. The molecule has 0 saturated heterocycles. The first-order valence-electron chi connectivity index (χ1n) is 8.08. The lowest BCUT2D eigenvalue weighted by Gasteiger charge is -2.07. The molecule has 3 heterocycles. The maximum atomic E-state index is 12.4. The molecule has 2 N–H and O–H groups in total. The highest BCUT2D eigenvalue weighted by molar-refractivity contribution is 7.89. The maximum absolute atomic E-state index is 12.4. The number of pyridine rings is 1. The maximum Gasteiger partial charge on any atom is 0.417 e. The number of oxazole rings is 1. The Bertz CT molecular complexity index is 1240. The minimum absolute atomic E-state index is 0.0463. The van der Waals surface area contributed by atoms with Gasteiger partial charge in [-0.25, -0.2) is 17.9 Å². The fourth-order valence-corrected chi connectivity index (χ4v) is 3.69. The second-order valence-electron chi connectivity index (χ2n) is 5.77. The Labute approximate surface area is 153 Å². The third kappa shape index (κ3) is 3.66. The lowest BCUT2D eigenvalue weighted by molar-refractivity contribution is 0.555. The molecule has 10 heteroatoms. The van der Waals surface area contributed by atoms with E-state index >= 15 is 0 Å². The van der Waals surface area contributed by atoms with Crippen LogP contribution in [0, 0.1) is 0 Å². The number of sulfonamides is 1. The van der Waals surface area contributed by atoms with Crippen LogP contribution in [0.3, 0.4) is 0 Å². The van der Waals surface area contributed by atoms with Crippen molar-refractivity contribution >= 4 is 21.1 Å². The van der Waals surface area contributed by atoms with E-state index in [1.165, 1.54) is 18.2 Å². The van der Waals surface area contributed by atoms with Crippen LogP contribution in [0.2, 0.25) is 0 Å². The van der Waals surface area contributed by atoms with Gasteiger partial charge in [0.15, 0.2) is 5.58 Å². The highest BCUT2D eigenvalue weighted by Crippen LogP contribution is 2.17. The summed E-state index contributed by atoms with van der Waals surface area (Å²) in [5, 5.41) is 4.42. The van der Waals surface area contributed by atoms with Crippen LogP contribution in [0.25, 0.3) is 22.4 Å². The van der Waals surface area contributed by atoms with Crippen molar-refractivity contribution in [2.45, 2.75) is 11.4 Å². The highest BCUT2D eigenvalue weighted by Gasteiger charge is 2.15. The van der Waals surface area contributed by atoms with E-state index in [0.717, 1.165) is 11.3 Å². The standard InChI is InChI=1S/C17H15N5O4S/c23-17-20-15-11-13(1-2-16(15)26-17)27(24,25)19-8-10-22-9-5-14(21-22)12-3-6-18-7-4-12/h1-7,9,11,19H,8,10H2,(H,20,23). The Morgan fingerprint density at radius 1 is 1.15 bits per heavy atom. The average molecular weight is 385 g/mol. The number of nitrogens with one attached hydrogen (secondary N) is 2. The van der Waals surface area contributed by atoms with Gasteiger partial charge in [-0.1, -0.05) is 0 Å². The molecule has 0 unspecified atom stereocenters. The van der Waals surface area contributed by atoms with Gasteiger partial charge in [0, 0.05) is 30.7 Å². The van der Waals surface area contributed by atoms with E-state index in [2.05, 4.69) is 19.8 Å². The molecule has 0 bridgehead atoms. The summed E-state index contributed by atoms with van der Waals surface area (Å²) in [6.07, 6.45) is 5.16. The summed E-state index contributed by atoms with van der Waals surface area (Å²) in [6, 6.07) is 9.75. The van der Waals surface area contributed by atoms with Crippen molar-refractivity contribution in [3.05, 3.63) is 65.5 Å². The smallest absolute Gasteiger partial charge is 0.408 e. The Balaban J connectivity index is 1.43. The molecule has 1 aromatic carbocycles. The van der Waals surface area contributed by atoms with Crippen molar-refractivity contribution in [3.8, 4) is 11.3 Å². The van der Waals surface area contributed by atoms with Gasteiger partial charge in [0.2, 0.25) is 10.0 Å². The number of nitrogens with zero attached hydrogens (tertiary/aromatic N) is 3. The minimum Gasteiger partial charge on any atom is -0.408 e. The summed E-state index contributed by atoms with van der Waals surface area (Å²) >= 11 is 0. The van der Waals surface area contributed by atoms with Crippen molar-refractivity contribution in [2.24, 2.45) is 0 Å². The number of fused-ring (bicyclic) bond motifs is 1. The van der Waals surface area contributed by atoms with Crippen molar-refractivity contribution in [1.82, 2.24) is 24.5 Å². The second-order valence-corrected chi connectivity index (χ2v) is 7.54. The SMILES string of the molecule is O=c1[nH]c2cc(S(=O)(=O)NCCn3ccc(-c4ccncc4)n3)ccc2o1. The zero-order valence-electron chi connectivity index (χ0n) is 14.0. The predicted molar refractivity (Wildman–Crippen MR) is 97.5 cm³/mol. The minimum atomic E-state index is -3.72. The van der Waals surface area contributed by atoms with Gasteiger partial charge in [0.05, 0.1) is 22.7 Å². The van der Waals surface area contributed by atoms with Gasteiger partial charge in [-0.2, -0.15) is 5.10 Å². The zero-order valence-corrected chi connectivity index (χ0v) is 14.8. The van der Waals surface area contributed by atoms with E-state index in [-0.39, 0.29) is 11.4 Å². The van der Waals surface area contributed by atoms with Crippen LogP contribution in [0.15, 0.2) is 69.1 Å². The van der Waals surface area contributed by atoms with E-state index in [1.54, 1.807) is 23.3 Å². The van der Waals surface area contributed by atoms with Gasteiger partial charge in [-0.3, -0.25) is 14.6 Å². The van der Waals surface area contributed by atoms with Crippen molar-refractivity contribution < 1.29 is 12.8 Å². The molecule has 4 aromatic rings. The lowest BCUT2D eigenvalue weighted by atomic mass is 10.2. The van der Waals surface area contributed by atoms with Crippen molar-refractivity contribution in [3.63, 3.8) is 0 Å². The van der Waals surface area contributed by atoms with E-state index in [4.69, 9.17) is 4.42 Å². The number of aromatic nitrogens is 4. The van der Waals surface area contributed by atoms with E-state index in [0.29, 0.717) is 17.6 Å². The summed E-state index contributed by atoms with van der Waals surface area (Å²) in [7, 11) is -3.72. The van der Waals surface area contributed by atoms with E-state index in [9.17, 15) is 13.2 Å². The van der Waals surface area contributed by atoms with Gasteiger partial charge in [-0.05, 0) is 36.4 Å². The summed E-state index contributed by atoms with van der Waals surface area (Å²) in [6.45, 7) is 0.537. The van der Waals surface area contributed by atoms with Crippen LogP contribution >= 0.6 is 0 Å². The molecule has 0 aliphatic carbocycles. The Hall–Kier alpha value is -3.24. The fraction of sp³-hybridized carbons (Fsp3) is 0.118. The van der Waals surface area contributed by atoms with Crippen LogP contribution in [0.1, 0.15) is 0 Å². The highest BCUT2D eigenvalue weighted by atomic mass is 32.2. The molecule has 0 spiro atoms. The molecule has 0 aliphatic rings. The number of rotatable bonds is 6. The number of H-pyrrole nitrogens is 1. The molecular weight excluding hydrogens is 370 g/mol. The predicted octanol–water partition coefficient (Wildman–Crippen LogP) is 1.36. The van der Waals surface area contributed by atoms with Gasteiger partial charge in [0.1, 0.15) is 0 Å². The molecule has 138 valence electrons. The number of aromatic amines is 1. The summed E-state index contributed by atoms with van der Waals surface area (Å²) in [5.74, 6) is -0.629. The van der Waals surface area contributed by atoms with Crippen LogP contribution in [-0.4, -0.2) is 34.7 Å². The monoisotopic (exact) mass is 385 g/mol. The third-order valence-corrected chi connectivity index (χ3v) is 5.41. The molecule has 9 nitrogen and oxygen atoms in total. The molecule has 3 aromatic heterocycles. The van der Waals surface area contributed by atoms with E-state index < -0.39 is 15.8 Å². The van der Waals surface area contributed by atoms with Gasteiger partial charge < -0.3 is 4.42 Å². The fourth-order valence-electron chi connectivity index (χ4n) is 2.64. The molecule has 0 fully saturated rings. The number of hydrogen-bond acceptors (Lipinski definition) is 6. The molecule has 0 saturated carbocycles. The Morgan fingerprint density at radius 3 is 2.78 bits per heavy atom. The largest absolute Gasteiger partial charge is 0.417 e. The molecule has 0 atom stereocenters. The van der Waals surface area contributed by atoms with Crippen LogP contribution < -0.4 is 10.5 Å². The first-order valence-corrected chi connectivity index (χ1v) is 9.56. The molecule has 4 rings (SSSR count). The lowest BCUT2D eigenvalue weighted by Crippen LogP contribution is -2.27. The number of benzene rings is 1. The van der Waals surface area contributed by atoms with Crippen molar-refractivity contribution in [2.75, 3.05) is 6.54 Å². The first kappa shape index (κ1) is 17.2. The first-order chi connectivity index (χ1) is 13.0. The second kappa shape index (κ2) is 6.82. The topological polar surface area (TPSA) is 123 Å². The summed E-state index contributed by atoms with van der Waals surface area (Å²) in [5.41, 5.74) is 2.36. The van der Waals surface area contributed by atoms with Crippen LogP contribution in [0.5, 0.6) is 0 Å². The zero-order chi connectivity index (χ0) is 18.9. The van der Waals surface area contributed by atoms with Gasteiger partial charge in [0.25, 0.3) is 0 Å². The van der Waals surface area contributed by atoms with Crippen molar-refractivity contribution in [1.29, 1.82) is 0 Å². The summed E-state index contributed by atoms with van der Waals surface area (Å²) in [4.78, 5) is 17.6. The molecule has 0 radical (unpaired) electrons. The van der Waals surface area contributed by atoms with Crippen LogP contribution in [0.4, 0.5) is 0 Å². The van der Waals surface area contributed by atoms with Gasteiger partial charge >= 0.3 is 5.76 Å². The number of hydrogen-bond donors (Lipinski definition) is 2. The van der Waals surface area contributed by atoms with Gasteiger partial charge in [-0.15, -0.1) is 0 Å². The average Bonchev–Trinajstić information content (AvgIpc) is 3.27.